The molecule has 0 unspecified atom stereocenters. The zero-order valence-corrected chi connectivity index (χ0v) is 12.3. The average Bonchev–Trinajstić information content (AvgIpc) is 3.17. The summed E-state index contributed by atoms with van der Waals surface area (Å²) in [4.78, 5) is 11.9. The number of nitrogens with one attached hydrogen (secondary N) is 2. The van der Waals surface area contributed by atoms with Crippen LogP contribution in [0.25, 0.3) is 0 Å². The first-order chi connectivity index (χ1) is 10.7. The van der Waals surface area contributed by atoms with E-state index in [-0.39, 0.29) is 11.7 Å². The van der Waals surface area contributed by atoms with E-state index >= 15 is 0 Å². The number of carbonyl (C=O) groups is 1. The van der Waals surface area contributed by atoms with Gasteiger partial charge < -0.3 is 10.6 Å². The summed E-state index contributed by atoms with van der Waals surface area (Å²) < 4.78 is 14.7. The van der Waals surface area contributed by atoms with Crippen molar-refractivity contribution >= 4 is 11.7 Å². The predicted molar refractivity (Wildman–Crippen MR) is 82.1 cm³/mol. The van der Waals surface area contributed by atoms with Gasteiger partial charge in [0.2, 0.25) is 5.91 Å². The highest BCUT2D eigenvalue weighted by molar-refractivity contribution is 5.89. The Bertz CT molecular complexity index is 632. The molecule has 1 aromatic carbocycles. The molecule has 1 amide bonds. The number of hydrogen-bond donors (Lipinski definition) is 2. The Morgan fingerprint density at radius 1 is 1.36 bits per heavy atom. The zero-order chi connectivity index (χ0) is 15.4. The molecule has 1 aliphatic heterocycles. The molecule has 0 saturated carbocycles. The van der Waals surface area contributed by atoms with E-state index in [0.29, 0.717) is 24.7 Å². The Hall–Kier alpha value is -2.21. The second-order valence-corrected chi connectivity index (χ2v) is 5.50. The van der Waals surface area contributed by atoms with Gasteiger partial charge in [0.25, 0.3) is 0 Å². The van der Waals surface area contributed by atoms with Crippen LogP contribution in [0.4, 0.5) is 10.2 Å². The summed E-state index contributed by atoms with van der Waals surface area (Å²) in [6.07, 6.45) is 3.88. The van der Waals surface area contributed by atoms with Crippen molar-refractivity contribution in [1.29, 1.82) is 0 Å². The highest BCUT2D eigenvalue weighted by Gasteiger charge is 2.17. The lowest BCUT2D eigenvalue weighted by Crippen LogP contribution is -2.16. The largest absolute Gasteiger partial charge is 0.315 e. The van der Waals surface area contributed by atoms with Crippen LogP contribution in [0.2, 0.25) is 0 Å². The SMILES string of the molecule is O=C(CCc1ccc(F)cc1)Nc1ccn([C@H]2CCNC2)n1. The first-order valence-electron chi connectivity index (χ1n) is 7.51. The van der Waals surface area contributed by atoms with Crippen molar-refractivity contribution in [2.24, 2.45) is 0 Å². The molecule has 6 heteroatoms. The Kier molecular flexibility index (Phi) is 4.48. The molecule has 5 nitrogen and oxygen atoms in total. The summed E-state index contributed by atoms with van der Waals surface area (Å²) in [6.45, 7) is 1.92. The van der Waals surface area contributed by atoms with Crippen LogP contribution in [-0.2, 0) is 11.2 Å². The molecule has 116 valence electrons. The summed E-state index contributed by atoms with van der Waals surface area (Å²) in [5.41, 5.74) is 0.944. The zero-order valence-electron chi connectivity index (χ0n) is 12.3. The monoisotopic (exact) mass is 302 g/mol. The van der Waals surface area contributed by atoms with Crippen molar-refractivity contribution in [3.05, 3.63) is 47.9 Å². The molecule has 2 heterocycles. The van der Waals surface area contributed by atoms with E-state index in [4.69, 9.17) is 0 Å². The van der Waals surface area contributed by atoms with Crippen LogP contribution in [0.5, 0.6) is 0 Å². The highest BCUT2D eigenvalue weighted by Crippen LogP contribution is 2.16. The van der Waals surface area contributed by atoms with Crippen LogP contribution < -0.4 is 10.6 Å². The van der Waals surface area contributed by atoms with Gasteiger partial charge in [0.05, 0.1) is 6.04 Å². The molecule has 1 aliphatic rings. The van der Waals surface area contributed by atoms with Gasteiger partial charge in [-0.1, -0.05) is 12.1 Å². The molecule has 1 fully saturated rings. The summed E-state index contributed by atoms with van der Waals surface area (Å²) in [6, 6.07) is 8.39. The minimum Gasteiger partial charge on any atom is -0.315 e. The number of anilines is 1. The van der Waals surface area contributed by atoms with Gasteiger partial charge in [-0.05, 0) is 37.1 Å². The van der Waals surface area contributed by atoms with Gasteiger partial charge in [-0.15, -0.1) is 0 Å². The Morgan fingerprint density at radius 2 is 2.18 bits per heavy atom. The number of aryl methyl sites for hydroxylation is 1. The molecular weight excluding hydrogens is 283 g/mol. The molecule has 2 aromatic rings. The maximum Gasteiger partial charge on any atom is 0.225 e. The lowest BCUT2D eigenvalue weighted by atomic mass is 10.1. The van der Waals surface area contributed by atoms with E-state index < -0.39 is 0 Å². The Balaban J connectivity index is 1.50. The van der Waals surface area contributed by atoms with Crippen LogP contribution in [0.3, 0.4) is 0 Å². The van der Waals surface area contributed by atoms with E-state index in [9.17, 15) is 9.18 Å². The molecule has 0 spiro atoms. The summed E-state index contributed by atoms with van der Waals surface area (Å²) in [5, 5.41) is 10.5. The van der Waals surface area contributed by atoms with Crippen LogP contribution in [0.15, 0.2) is 36.5 Å². The molecule has 0 radical (unpaired) electrons. The Morgan fingerprint density at radius 3 is 2.91 bits per heavy atom. The standard InChI is InChI=1S/C16H19FN4O/c17-13-4-1-12(2-5-13)3-6-16(22)19-15-8-10-21(20-15)14-7-9-18-11-14/h1-2,4-5,8,10,14,18H,3,6-7,9,11H2,(H,19,20,22)/t14-/m0/s1. The molecule has 2 N–H and O–H groups in total. The predicted octanol–water partition coefficient (Wildman–Crippen LogP) is 2.13. The fourth-order valence-corrected chi connectivity index (χ4v) is 2.59. The van der Waals surface area contributed by atoms with Gasteiger partial charge in [0.15, 0.2) is 5.82 Å². The maximum atomic E-state index is 12.8. The van der Waals surface area contributed by atoms with Gasteiger partial charge in [-0.3, -0.25) is 9.48 Å². The summed E-state index contributed by atoms with van der Waals surface area (Å²) in [5.74, 6) is 0.232. The number of hydrogen-bond acceptors (Lipinski definition) is 3. The van der Waals surface area contributed by atoms with Gasteiger partial charge in [-0.2, -0.15) is 5.10 Å². The molecule has 1 atom stereocenters. The van der Waals surface area contributed by atoms with Gasteiger partial charge >= 0.3 is 0 Å². The number of halogens is 1. The lowest BCUT2D eigenvalue weighted by Gasteiger charge is -2.08. The number of rotatable bonds is 5. The van der Waals surface area contributed by atoms with Crippen molar-refractivity contribution in [3.63, 3.8) is 0 Å². The van der Waals surface area contributed by atoms with Crippen molar-refractivity contribution < 1.29 is 9.18 Å². The van der Waals surface area contributed by atoms with Crippen molar-refractivity contribution in [3.8, 4) is 0 Å². The first-order valence-corrected chi connectivity index (χ1v) is 7.51. The topological polar surface area (TPSA) is 59.0 Å². The summed E-state index contributed by atoms with van der Waals surface area (Å²) in [7, 11) is 0. The molecule has 0 bridgehead atoms. The number of nitrogens with zero attached hydrogens (tertiary/aromatic N) is 2. The second kappa shape index (κ2) is 6.70. The maximum absolute atomic E-state index is 12.8. The second-order valence-electron chi connectivity index (χ2n) is 5.50. The molecule has 1 saturated heterocycles. The minimum absolute atomic E-state index is 0.0841. The normalized spacial score (nSPS) is 17.6. The van der Waals surface area contributed by atoms with E-state index in [2.05, 4.69) is 15.7 Å². The minimum atomic E-state index is -0.264. The first kappa shape index (κ1) is 14.7. The molecule has 3 rings (SSSR count). The number of aromatic nitrogens is 2. The quantitative estimate of drug-likeness (QED) is 0.889. The van der Waals surface area contributed by atoms with Gasteiger partial charge in [0, 0.05) is 25.2 Å². The van der Waals surface area contributed by atoms with E-state index in [1.54, 1.807) is 12.1 Å². The Labute approximate surface area is 128 Å². The third-order valence-corrected chi connectivity index (χ3v) is 3.84. The number of carbonyl (C=O) groups excluding carboxylic acids is 1. The van der Waals surface area contributed by atoms with Crippen LogP contribution in [0.1, 0.15) is 24.4 Å². The van der Waals surface area contributed by atoms with Crippen molar-refractivity contribution in [2.75, 3.05) is 18.4 Å². The van der Waals surface area contributed by atoms with Crippen LogP contribution in [-0.4, -0.2) is 28.8 Å². The third kappa shape index (κ3) is 3.71. The third-order valence-electron chi connectivity index (χ3n) is 3.84. The van der Waals surface area contributed by atoms with E-state index in [0.717, 1.165) is 25.1 Å². The number of benzene rings is 1. The lowest BCUT2D eigenvalue weighted by molar-refractivity contribution is -0.116. The van der Waals surface area contributed by atoms with Crippen LogP contribution in [0, 0.1) is 5.82 Å². The molecule has 0 aliphatic carbocycles. The number of amides is 1. The highest BCUT2D eigenvalue weighted by atomic mass is 19.1. The molecule has 1 aromatic heterocycles. The van der Waals surface area contributed by atoms with Gasteiger partial charge in [-0.25, -0.2) is 4.39 Å². The van der Waals surface area contributed by atoms with Gasteiger partial charge in [0.1, 0.15) is 5.82 Å². The summed E-state index contributed by atoms with van der Waals surface area (Å²) >= 11 is 0. The fraction of sp³-hybridized carbons (Fsp3) is 0.375. The van der Waals surface area contributed by atoms with E-state index in [1.807, 2.05) is 16.9 Å². The van der Waals surface area contributed by atoms with Crippen molar-refractivity contribution in [1.82, 2.24) is 15.1 Å². The smallest absolute Gasteiger partial charge is 0.225 e. The van der Waals surface area contributed by atoms with E-state index in [1.165, 1.54) is 12.1 Å². The van der Waals surface area contributed by atoms with Crippen LogP contribution >= 0.6 is 0 Å². The molecular formula is C16H19FN4O. The van der Waals surface area contributed by atoms with Crippen molar-refractivity contribution in [2.45, 2.75) is 25.3 Å². The average molecular weight is 302 g/mol. The molecule has 22 heavy (non-hydrogen) atoms. The fourth-order valence-electron chi connectivity index (χ4n) is 2.59.